The van der Waals surface area contributed by atoms with Crippen LogP contribution in [0.2, 0.25) is 0 Å². The summed E-state index contributed by atoms with van der Waals surface area (Å²) >= 11 is 0. The zero-order chi connectivity index (χ0) is 12.4. The zero-order valence-electron chi connectivity index (χ0n) is 9.37. The fourth-order valence-electron chi connectivity index (χ4n) is 1.50. The molecular weight excluding hydrogens is 218 g/mol. The third-order valence-corrected chi connectivity index (χ3v) is 2.51. The average molecular weight is 231 g/mol. The summed E-state index contributed by atoms with van der Waals surface area (Å²) in [6.07, 6.45) is 2.49. The molecule has 0 radical (unpaired) electrons. The molecule has 2 aromatic rings. The molecule has 0 fully saturated rings. The molecule has 0 saturated heterocycles. The van der Waals surface area contributed by atoms with Crippen molar-refractivity contribution in [2.75, 3.05) is 0 Å². The lowest BCUT2D eigenvalue weighted by Crippen LogP contribution is -2.09. The molecule has 1 aromatic carbocycles. The van der Waals surface area contributed by atoms with Gasteiger partial charge in [0.15, 0.2) is 0 Å². The fourth-order valence-corrected chi connectivity index (χ4v) is 1.50. The number of nitrogens with two attached hydrogens (primary N) is 1. The fraction of sp³-hybridized carbons (Fsp3) is 0.167. The van der Waals surface area contributed by atoms with Crippen LogP contribution in [0.4, 0.5) is 0 Å². The minimum Gasteiger partial charge on any atom is -0.389 e. The van der Waals surface area contributed by atoms with E-state index < -0.39 is 12.0 Å². The molecule has 1 atom stereocenters. The maximum Gasteiger partial charge on any atom is 0.251 e. The second-order valence-electron chi connectivity index (χ2n) is 3.81. The summed E-state index contributed by atoms with van der Waals surface area (Å²) < 4.78 is 1.56. The number of aliphatic hydroxyl groups is 1. The molecule has 0 unspecified atom stereocenters. The first-order valence-electron chi connectivity index (χ1n) is 5.21. The number of benzene rings is 1. The van der Waals surface area contributed by atoms with E-state index in [9.17, 15) is 9.90 Å². The predicted molar refractivity (Wildman–Crippen MR) is 62.7 cm³/mol. The van der Waals surface area contributed by atoms with Gasteiger partial charge < -0.3 is 10.8 Å². The Labute approximate surface area is 98.5 Å². The number of rotatable bonds is 3. The quantitative estimate of drug-likeness (QED) is 0.827. The average Bonchev–Trinajstić information content (AvgIpc) is 2.78. The van der Waals surface area contributed by atoms with E-state index in [1.165, 1.54) is 6.20 Å². The lowest BCUT2D eigenvalue weighted by atomic mass is 10.1. The van der Waals surface area contributed by atoms with Crippen molar-refractivity contribution < 1.29 is 9.90 Å². The summed E-state index contributed by atoms with van der Waals surface area (Å²) in [5.41, 5.74) is 7.15. The Kier molecular flexibility index (Phi) is 2.93. The van der Waals surface area contributed by atoms with Crippen LogP contribution in [0, 0.1) is 0 Å². The van der Waals surface area contributed by atoms with Gasteiger partial charge in [0.25, 0.3) is 5.91 Å². The number of carbonyl (C=O) groups excluding carboxylic acids is 1. The molecule has 0 saturated carbocycles. The topological polar surface area (TPSA) is 81.1 Å². The number of aliphatic hydroxyl groups excluding tert-OH is 1. The van der Waals surface area contributed by atoms with Crippen molar-refractivity contribution in [1.82, 2.24) is 9.78 Å². The van der Waals surface area contributed by atoms with Gasteiger partial charge in [-0.25, -0.2) is 4.68 Å². The van der Waals surface area contributed by atoms with Crippen LogP contribution in [-0.2, 0) is 0 Å². The SMILES string of the molecule is C[C@H](O)c1ccc(-n2cc(C(N)=O)cn2)cc1. The molecule has 1 aromatic heterocycles. The lowest BCUT2D eigenvalue weighted by Gasteiger charge is -2.06. The minimum atomic E-state index is -0.503. The third kappa shape index (κ3) is 2.34. The number of nitrogens with zero attached hydrogens (tertiary/aromatic N) is 2. The van der Waals surface area contributed by atoms with Crippen molar-refractivity contribution >= 4 is 5.91 Å². The first kappa shape index (κ1) is 11.3. The Morgan fingerprint density at radius 2 is 2.06 bits per heavy atom. The Bertz CT molecular complexity index is 529. The van der Waals surface area contributed by atoms with Gasteiger partial charge in [-0.15, -0.1) is 0 Å². The van der Waals surface area contributed by atoms with Gasteiger partial charge in [-0.2, -0.15) is 5.10 Å². The van der Waals surface area contributed by atoms with E-state index in [2.05, 4.69) is 5.10 Å². The van der Waals surface area contributed by atoms with Gasteiger partial charge in [0.2, 0.25) is 0 Å². The van der Waals surface area contributed by atoms with Gasteiger partial charge in [0, 0.05) is 6.20 Å². The molecule has 88 valence electrons. The van der Waals surface area contributed by atoms with Crippen molar-refractivity contribution in [1.29, 1.82) is 0 Å². The summed E-state index contributed by atoms with van der Waals surface area (Å²) in [7, 11) is 0. The number of carbonyl (C=O) groups is 1. The van der Waals surface area contributed by atoms with Crippen LogP contribution in [0.25, 0.3) is 5.69 Å². The molecule has 0 aliphatic carbocycles. The highest BCUT2D eigenvalue weighted by atomic mass is 16.3. The number of hydrogen-bond donors (Lipinski definition) is 2. The minimum absolute atomic E-state index is 0.365. The molecule has 5 heteroatoms. The van der Waals surface area contributed by atoms with E-state index in [0.717, 1.165) is 11.3 Å². The largest absolute Gasteiger partial charge is 0.389 e. The highest BCUT2D eigenvalue weighted by Gasteiger charge is 2.06. The molecule has 3 N–H and O–H groups in total. The highest BCUT2D eigenvalue weighted by Crippen LogP contribution is 2.15. The van der Waals surface area contributed by atoms with Crippen molar-refractivity contribution in [2.24, 2.45) is 5.73 Å². The van der Waals surface area contributed by atoms with E-state index >= 15 is 0 Å². The summed E-state index contributed by atoms with van der Waals surface area (Å²) in [4.78, 5) is 10.9. The maximum absolute atomic E-state index is 10.9. The van der Waals surface area contributed by atoms with E-state index in [4.69, 9.17) is 5.73 Å². The number of aromatic nitrogens is 2. The Balaban J connectivity index is 2.30. The Morgan fingerprint density at radius 3 is 2.53 bits per heavy atom. The summed E-state index contributed by atoms with van der Waals surface area (Å²) in [6, 6.07) is 7.26. The van der Waals surface area contributed by atoms with E-state index in [0.29, 0.717) is 5.56 Å². The van der Waals surface area contributed by atoms with Gasteiger partial charge in [0.05, 0.1) is 23.6 Å². The van der Waals surface area contributed by atoms with Crippen LogP contribution in [0.15, 0.2) is 36.7 Å². The van der Waals surface area contributed by atoms with E-state index in [1.807, 2.05) is 24.3 Å². The van der Waals surface area contributed by atoms with Gasteiger partial charge in [-0.3, -0.25) is 4.79 Å². The molecule has 2 rings (SSSR count). The Morgan fingerprint density at radius 1 is 1.41 bits per heavy atom. The normalized spacial score (nSPS) is 12.4. The number of hydrogen-bond acceptors (Lipinski definition) is 3. The van der Waals surface area contributed by atoms with Crippen LogP contribution in [0.5, 0.6) is 0 Å². The van der Waals surface area contributed by atoms with Crippen molar-refractivity contribution in [2.45, 2.75) is 13.0 Å². The van der Waals surface area contributed by atoms with Crippen molar-refractivity contribution in [3.05, 3.63) is 47.8 Å². The van der Waals surface area contributed by atoms with Crippen LogP contribution >= 0.6 is 0 Å². The van der Waals surface area contributed by atoms with Crippen LogP contribution < -0.4 is 5.73 Å². The molecule has 1 amide bonds. The molecule has 5 nitrogen and oxygen atoms in total. The van der Waals surface area contributed by atoms with E-state index in [-0.39, 0.29) is 0 Å². The second-order valence-corrected chi connectivity index (χ2v) is 3.81. The molecule has 0 aliphatic rings. The first-order chi connectivity index (χ1) is 8.08. The standard InChI is InChI=1S/C12H13N3O2/c1-8(16)9-2-4-11(5-3-9)15-7-10(6-14-15)12(13)17/h2-8,16H,1H3,(H2,13,17)/t8-/m0/s1. The van der Waals surface area contributed by atoms with Crippen LogP contribution in [0.3, 0.4) is 0 Å². The predicted octanol–water partition coefficient (Wildman–Crippen LogP) is 1.02. The monoisotopic (exact) mass is 231 g/mol. The number of amides is 1. The number of primary amides is 1. The maximum atomic E-state index is 10.9. The van der Waals surface area contributed by atoms with Crippen molar-refractivity contribution in [3.63, 3.8) is 0 Å². The van der Waals surface area contributed by atoms with Gasteiger partial charge in [-0.1, -0.05) is 12.1 Å². The van der Waals surface area contributed by atoms with Crippen LogP contribution in [0.1, 0.15) is 28.9 Å². The zero-order valence-corrected chi connectivity index (χ0v) is 9.37. The molecule has 0 bridgehead atoms. The van der Waals surface area contributed by atoms with Gasteiger partial charge in [-0.05, 0) is 24.6 Å². The van der Waals surface area contributed by atoms with Crippen molar-refractivity contribution in [3.8, 4) is 5.69 Å². The molecule has 0 aliphatic heterocycles. The Hall–Kier alpha value is -2.14. The molecular formula is C12H13N3O2. The summed E-state index contributed by atoms with van der Waals surface area (Å²) in [5, 5.41) is 13.4. The summed E-state index contributed by atoms with van der Waals surface area (Å²) in [6.45, 7) is 1.70. The van der Waals surface area contributed by atoms with Crippen LogP contribution in [-0.4, -0.2) is 20.8 Å². The summed E-state index contributed by atoms with van der Waals surface area (Å²) in [5.74, 6) is -0.503. The lowest BCUT2D eigenvalue weighted by molar-refractivity contribution is 0.100. The first-order valence-corrected chi connectivity index (χ1v) is 5.21. The highest BCUT2D eigenvalue weighted by molar-refractivity contribution is 5.92. The van der Waals surface area contributed by atoms with Gasteiger partial charge in [0.1, 0.15) is 0 Å². The van der Waals surface area contributed by atoms with Gasteiger partial charge >= 0.3 is 0 Å². The molecule has 1 heterocycles. The third-order valence-electron chi connectivity index (χ3n) is 2.51. The molecule has 0 spiro atoms. The second kappa shape index (κ2) is 4.39. The van der Waals surface area contributed by atoms with E-state index in [1.54, 1.807) is 17.8 Å². The smallest absolute Gasteiger partial charge is 0.251 e. The molecule has 17 heavy (non-hydrogen) atoms.